The Kier molecular flexibility index (Phi) is 16.0. The average Bonchev–Trinajstić information content (AvgIpc) is 1.52. The van der Waals surface area contributed by atoms with Gasteiger partial charge >= 0.3 is 0 Å². The molecule has 0 aliphatic heterocycles. The Morgan fingerprint density at radius 2 is 0.437 bits per heavy atom. The Hall–Kier alpha value is -18.7. The summed E-state index contributed by atoms with van der Waals surface area (Å²) in [5, 5.41) is 38.7. The van der Waals surface area contributed by atoms with Crippen molar-refractivity contribution in [3.63, 3.8) is 0 Å². The summed E-state index contributed by atoms with van der Waals surface area (Å²) in [6, 6.07) is 164. The zero-order chi connectivity index (χ0) is 92.4. The molecular weight excluding hydrogens is 1750 g/mol. The van der Waals surface area contributed by atoms with Crippen LogP contribution < -0.4 is 0 Å². The van der Waals surface area contributed by atoms with Crippen LogP contribution >= 0.6 is 11.3 Å². The van der Waals surface area contributed by atoms with Gasteiger partial charge in [0.25, 0.3) is 0 Å². The van der Waals surface area contributed by atoms with E-state index < -0.39 is 0 Å². The molecule has 0 aliphatic rings. The van der Waals surface area contributed by atoms with Gasteiger partial charge in [-0.05, 0) is 190 Å². The summed E-state index contributed by atoms with van der Waals surface area (Å²) in [4.78, 5) is 0. The number of para-hydroxylation sites is 12. The lowest BCUT2D eigenvalue weighted by molar-refractivity contribution is 0.669. The maximum absolute atomic E-state index is 6.90. The normalized spacial score (nSPS) is 12.4. The number of hydrogen-bond donors (Lipinski definition) is 0. The highest BCUT2D eigenvalue weighted by atomic mass is 32.1. The molecule has 0 fully saturated rings. The molecule has 10 heterocycles. The first-order chi connectivity index (χ1) is 70.5. The Balaban J connectivity index is 0.0000000961. The van der Waals surface area contributed by atoms with Crippen molar-refractivity contribution in [3.05, 3.63) is 455 Å². The molecule has 10 heteroatoms. The summed E-state index contributed by atoms with van der Waals surface area (Å²) in [6.45, 7) is 0. The van der Waals surface area contributed by atoms with Crippen LogP contribution in [-0.2, 0) is 0 Å². The molecule has 0 amide bonds. The van der Waals surface area contributed by atoms with Gasteiger partial charge in [-0.15, -0.1) is 11.3 Å². The van der Waals surface area contributed by atoms with E-state index in [-0.39, 0.29) is 0 Å². The third-order valence-electron chi connectivity index (χ3n) is 30.5. The highest BCUT2D eigenvalue weighted by molar-refractivity contribution is 7.26. The molecule has 34 rings (SSSR count). The van der Waals surface area contributed by atoms with E-state index in [0.29, 0.717) is 0 Å². The first-order valence-electron chi connectivity index (χ1n) is 48.5. The fraction of sp³-hybridized carbons (Fsp3) is 0. The lowest BCUT2D eigenvalue weighted by Crippen LogP contribution is -1.96. The highest BCUT2D eigenvalue weighted by Gasteiger charge is 2.32. The van der Waals surface area contributed by atoms with Gasteiger partial charge in [-0.3, -0.25) is 0 Å². The summed E-state index contributed by atoms with van der Waals surface area (Å²) >= 11 is 1.89. The standard InChI is InChI=1S/C46H26N2O2.C46H25NO2.C40H24N2S/c1-2-12-27(13-3-1)47-35-18-8-4-14-29(35)34-26-28(22-24-37(34)47)48-36-19-9-5-15-30(36)44-45(48)33-23-25-40-41(31-16-6-10-20-38(31)49-40)42(33)43-32-17-7-11-21-39(32)50-46(43)44;1-2-13-29-27(11-1)28-12-3-4-14-30(28)36-25-26(21-22-31(29)36)47-37-18-8-5-15-32(37)44-45(47)35-23-24-40-41(33-16-6-9-19-38(33)48-40)42(35)43-34-17-7-10-20-39(34)49-46(43)44;1-3-13-25(14-4-1)41-32-21-11-8-18-28(32)38-39(41)30-23-24-34-35(29-19-9-12-22-33(29)43-34)36(30)37-27-17-7-10-20-31(27)42(40(37)38)26-15-5-2-6-16-26/h1-26H;1-25H;1-24H. The van der Waals surface area contributed by atoms with E-state index in [4.69, 9.17) is 17.7 Å². The fourth-order valence-corrected chi connectivity index (χ4v) is 26.0. The molecule has 0 spiro atoms. The molecule has 0 unspecified atom stereocenters. The van der Waals surface area contributed by atoms with Gasteiger partial charge in [-0.1, -0.05) is 297 Å². The van der Waals surface area contributed by atoms with Crippen molar-refractivity contribution >= 4 is 293 Å². The minimum atomic E-state index is 0.877. The highest BCUT2D eigenvalue weighted by Crippen LogP contribution is 2.56. The Bertz CT molecular complexity index is 11500. The maximum Gasteiger partial charge on any atom is 0.146 e. The van der Waals surface area contributed by atoms with Crippen LogP contribution in [0.3, 0.4) is 0 Å². The van der Waals surface area contributed by atoms with E-state index in [0.717, 1.165) is 154 Å². The summed E-state index contributed by atoms with van der Waals surface area (Å²) < 4.78 is 41.7. The average molecular weight is 1830 g/mol. The van der Waals surface area contributed by atoms with Crippen LogP contribution in [0.5, 0.6) is 0 Å². The Morgan fingerprint density at radius 3 is 0.915 bits per heavy atom. The maximum atomic E-state index is 6.90. The number of furan rings is 4. The van der Waals surface area contributed by atoms with Gasteiger partial charge in [0.15, 0.2) is 0 Å². The lowest BCUT2D eigenvalue weighted by atomic mass is 9.94. The van der Waals surface area contributed by atoms with Gasteiger partial charge in [0.05, 0.1) is 65.9 Å². The zero-order valence-corrected chi connectivity index (χ0v) is 76.9. The Labute approximate surface area is 810 Å². The van der Waals surface area contributed by atoms with Gasteiger partial charge in [0.1, 0.15) is 44.7 Å². The summed E-state index contributed by atoms with van der Waals surface area (Å²) in [5.74, 6) is 0. The van der Waals surface area contributed by atoms with Crippen molar-refractivity contribution in [3.8, 4) is 28.4 Å². The van der Waals surface area contributed by atoms with Crippen molar-refractivity contribution in [2.75, 3.05) is 0 Å². The van der Waals surface area contributed by atoms with Crippen LogP contribution in [0.2, 0.25) is 0 Å². The Morgan fingerprint density at radius 1 is 0.134 bits per heavy atom. The van der Waals surface area contributed by atoms with E-state index in [1.165, 1.54) is 156 Å². The summed E-state index contributed by atoms with van der Waals surface area (Å²) in [7, 11) is 0. The molecule has 34 aromatic rings. The minimum Gasteiger partial charge on any atom is -0.456 e. The van der Waals surface area contributed by atoms with Crippen LogP contribution in [0.25, 0.3) is 310 Å². The van der Waals surface area contributed by atoms with Crippen LogP contribution in [0.15, 0.2) is 473 Å². The van der Waals surface area contributed by atoms with Crippen LogP contribution in [0.1, 0.15) is 0 Å². The molecule has 9 nitrogen and oxygen atoms in total. The quantitative estimate of drug-likeness (QED) is 0.161. The second-order valence-corrected chi connectivity index (χ2v) is 38.8. The van der Waals surface area contributed by atoms with Crippen molar-refractivity contribution in [1.82, 2.24) is 22.8 Å². The number of aromatic nitrogens is 5. The fourth-order valence-electron chi connectivity index (χ4n) is 24.9. The minimum absolute atomic E-state index is 0.877. The molecule has 0 atom stereocenters. The monoisotopic (exact) mass is 1830 g/mol. The van der Waals surface area contributed by atoms with E-state index >= 15 is 0 Å². The van der Waals surface area contributed by atoms with Gasteiger partial charge in [0, 0.05) is 167 Å². The van der Waals surface area contributed by atoms with Crippen LogP contribution in [-0.4, -0.2) is 22.8 Å². The second-order valence-electron chi connectivity index (χ2n) is 37.7. The van der Waals surface area contributed by atoms with Gasteiger partial charge in [-0.2, -0.15) is 0 Å². The largest absolute Gasteiger partial charge is 0.456 e. The van der Waals surface area contributed by atoms with Crippen molar-refractivity contribution < 1.29 is 17.7 Å². The summed E-state index contributed by atoms with van der Waals surface area (Å²) in [5.41, 5.74) is 24.7. The number of thiophene rings is 1. The van der Waals surface area contributed by atoms with Gasteiger partial charge in [0.2, 0.25) is 0 Å². The van der Waals surface area contributed by atoms with Crippen molar-refractivity contribution in [2.45, 2.75) is 0 Å². The molecule has 24 aromatic carbocycles. The molecular formula is C132H75N5O4S. The molecule has 0 saturated heterocycles. The summed E-state index contributed by atoms with van der Waals surface area (Å²) in [6.07, 6.45) is 0. The predicted octanol–water partition coefficient (Wildman–Crippen LogP) is 37.4. The van der Waals surface area contributed by atoms with E-state index in [9.17, 15) is 0 Å². The smallest absolute Gasteiger partial charge is 0.146 e. The van der Waals surface area contributed by atoms with Gasteiger partial charge in [-0.25, -0.2) is 0 Å². The molecule has 0 N–H and O–H groups in total. The molecule has 142 heavy (non-hydrogen) atoms. The number of benzene rings is 24. The van der Waals surface area contributed by atoms with Crippen molar-refractivity contribution in [2.24, 2.45) is 0 Å². The molecule has 0 saturated carbocycles. The molecule has 0 aliphatic carbocycles. The lowest BCUT2D eigenvalue weighted by Gasteiger charge is -2.15. The molecule has 0 bridgehead atoms. The number of rotatable bonds is 5. The van der Waals surface area contributed by atoms with Crippen LogP contribution in [0, 0.1) is 0 Å². The first-order valence-corrected chi connectivity index (χ1v) is 49.3. The van der Waals surface area contributed by atoms with E-state index in [2.05, 4.69) is 466 Å². The number of hydrogen-bond acceptors (Lipinski definition) is 5. The SMILES string of the molecule is c1ccc(-n2c3ccccc3c3c2c2ccc4sc5ccccc5c4c2c2c4ccccc4n(-c4ccccc4)c23)cc1.c1ccc(-n2c3ccccc3c3cc(-n4c5ccccc5c5c6oc7ccccc7c6c6c(ccc7oc8ccccc8c76)c54)ccc32)cc1.c1ccc2c(c1)oc1ccc3c(c12)c1c2ccccc2oc1c1c2ccccc2n(-c2ccc4c5ccccc5c5ccccc5c4c2)c31. The first kappa shape index (κ1) is 77.4. The molecule has 10 aromatic heterocycles. The van der Waals surface area contributed by atoms with Crippen LogP contribution in [0.4, 0.5) is 0 Å². The number of nitrogens with zero attached hydrogens (tertiary/aromatic N) is 5. The third kappa shape index (κ3) is 10.6. The van der Waals surface area contributed by atoms with E-state index in [1.807, 2.05) is 23.5 Å². The zero-order valence-electron chi connectivity index (χ0n) is 76.1. The molecule has 0 radical (unpaired) electrons. The second kappa shape index (κ2) is 29.4. The van der Waals surface area contributed by atoms with E-state index in [1.54, 1.807) is 0 Å². The van der Waals surface area contributed by atoms with Gasteiger partial charge < -0.3 is 40.5 Å². The predicted molar refractivity (Wildman–Crippen MR) is 598 cm³/mol. The molecule has 658 valence electrons. The third-order valence-corrected chi connectivity index (χ3v) is 31.6. The van der Waals surface area contributed by atoms with Crippen molar-refractivity contribution in [1.29, 1.82) is 0 Å². The topological polar surface area (TPSA) is 77.2 Å². The number of fused-ring (bicyclic) bond motifs is 51.